The molecule has 2 atom stereocenters. The van der Waals surface area contributed by atoms with Gasteiger partial charge < -0.3 is 20.5 Å². The zero-order chi connectivity index (χ0) is 22.5. The molecule has 160 valence electrons. The Labute approximate surface area is 172 Å². The third-order valence-electron chi connectivity index (χ3n) is 3.90. The quantitative estimate of drug-likeness (QED) is 0.652. The van der Waals surface area contributed by atoms with Crippen molar-refractivity contribution in [2.24, 2.45) is 0 Å². The fraction of sp³-hybridized carbons (Fsp3) is 0.286. The minimum atomic E-state index is -1.49. The van der Waals surface area contributed by atoms with E-state index in [0.717, 1.165) is 24.3 Å². The smallest absolute Gasteiger partial charge is 0.408 e. The van der Waals surface area contributed by atoms with Gasteiger partial charge >= 0.3 is 12.2 Å². The van der Waals surface area contributed by atoms with Crippen LogP contribution in [-0.4, -0.2) is 28.7 Å². The van der Waals surface area contributed by atoms with E-state index in [1.165, 1.54) is 24.3 Å². The van der Waals surface area contributed by atoms with Crippen molar-refractivity contribution in [1.29, 1.82) is 0 Å². The molecule has 0 spiro atoms. The van der Waals surface area contributed by atoms with Crippen LogP contribution in [0.25, 0.3) is 0 Å². The molecule has 0 fully saturated rings. The lowest BCUT2D eigenvalue weighted by Gasteiger charge is -2.26. The number of Topliss-reactive ketones (excluding diaryl/α,β-unsaturated/α-hetero) is 1. The molecule has 3 N–H and O–H groups in total. The highest BCUT2D eigenvalue weighted by Crippen LogP contribution is 2.25. The van der Waals surface area contributed by atoms with Crippen LogP contribution in [0.2, 0.25) is 0 Å². The molecule has 2 amide bonds. The van der Waals surface area contributed by atoms with Crippen molar-refractivity contribution in [3.8, 4) is 0 Å². The first-order valence-electron chi connectivity index (χ1n) is 9.00. The lowest BCUT2D eigenvalue weighted by molar-refractivity contribution is -0.123. The Hall–Kier alpha value is -3.49. The van der Waals surface area contributed by atoms with E-state index in [0.29, 0.717) is 0 Å². The molecule has 2 aromatic rings. The molecule has 0 aliphatic rings. The fourth-order valence-electron chi connectivity index (χ4n) is 2.66. The van der Waals surface area contributed by atoms with E-state index in [9.17, 15) is 28.3 Å². The molecule has 0 saturated carbocycles. The van der Waals surface area contributed by atoms with Gasteiger partial charge in [-0.2, -0.15) is 0 Å². The van der Waals surface area contributed by atoms with Crippen LogP contribution in [0, 0.1) is 11.6 Å². The largest absolute Gasteiger partial charge is 0.465 e. The van der Waals surface area contributed by atoms with Crippen LogP contribution in [0.4, 0.5) is 18.4 Å². The van der Waals surface area contributed by atoms with Gasteiger partial charge in [-0.15, -0.1) is 0 Å². The monoisotopic (exact) mass is 420 g/mol. The van der Waals surface area contributed by atoms with Crippen molar-refractivity contribution >= 4 is 18.0 Å². The third kappa shape index (κ3) is 6.54. The summed E-state index contributed by atoms with van der Waals surface area (Å²) >= 11 is 0. The number of carbonyl (C=O) groups is 3. The average Bonchev–Trinajstić information content (AvgIpc) is 2.64. The second kappa shape index (κ2) is 9.34. The number of benzene rings is 2. The van der Waals surface area contributed by atoms with Crippen molar-refractivity contribution in [2.75, 3.05) is 0 Å². The van der Waals surface area contributed by atoms with Crippen molar-refractivity contribution in [3.63, 3.8) is 0 Å². The molecule has 0 bridgehead atoms. The molecular weight excluding hydrogens is 398 g/mol. The first kappa shape index (κ1) is 22.8. The normalized spacial score (nSPS) is 13.1. The first-order chi connectivity index (χ1) is 14.0. The second-order valence-corrected chi connectivity index (χ2v) is 7.47. The molecule has 0 radical (unpaired) electrons. The van der Waals surface area contributed by atoms with E-state index >= 15 is 0 Å². The molecule has 30 heavy (non-hydrogen) atoms. The highest BCUT2D eigenvalue weighted by molar-refractivity contribution is 5.95. The Morgan fingerprint density at radius 1 is 0.833 bits per heavy atom. The maximum atomic E-state index is 13.3. The SMILES string of the molecule is CC(C)(C)OC(=O)N[C@@H](C(=O)[C@H](NC(=O)O)c1ccc(F)cc1)c1ccc(F)cc1. The molecule has 2 rings (SSSR count). The molecule has 0 aliphatic heterocycles. The van der Waals surface area contributed by atoms with Gasteiger partial charge in [-0.05, 0) is 56.2 Å². The molecule has 0 saturated heterocycles. The predicted molar refractivity (Wildman–Crippen MR) is 104 cm³/mol. The van der Waals surface area contributed by atoms with Gasteiger partial charge in [0.1, 0.15) is 29.3 Å². The number of nitrogens with one attached hydrogen (secondary N) is 2. The minimum Gasteiger partial charge on any atom is -0.465 e. The highest BCUT2D eigenvalue weighted by Gasteiger charge is 2.33. The van der Waals surface area contributed by atoms with Crippen LogP contribution >= 0.6 is 0 Å². The van der Waals surface area contributed by atoms with E-state index < -0.39 is 47.3 Å². The number of amides is 2. The van der Waals surface area contributed by atoms with Crippen LogP contribution in [-0.2, 0) is 9.53 Å². The Morgan fingerprint density at radius 2 is 1.23 bits per heavy atom. The predicted octanol–water partition coefficient (Wildman–Crippen LogP) is 4.11. The van der Waals surface area contributed by atoms with Gasteiger partial charge in [-0.3, -0.25) is 4.79 Å². The van der Waals surface area contributed by atoms with E-state index in [-0.39, 0.29) is 11.1 Å². The van der Waals surface area contributed by atoms with Gasteiger partial charge in [-0.25, -0.2) is 18.4 Å². The lowest BCUT2D eigenvalue weighted by atomic mass is 9.93. The number of rotatable bonds is 6. The second-order valence-electron chi connectivity index (χ2n) is 7.47. The highest BCUT2D eigenvalue weighted by atomic mass is 19.1. The third-order valence-corrected chi connectivity index (χ3v) is 3.90. The average molecular weight is 420 g/mol. The van der Waals surface area contributed by atoms with Crippen LogP contribution < -0.4 is 10.6 Å². The fourth-order valence-corrected chi connectivity index (χ4v) is 2.66. The van der Waals surface area contributed by atoms with Gasteiger partial charge in [0.25, 0.3) is 0 Å². The number of ketones is 1. The van der Waals surface area contributed by atoms with Crippen molar-refractivity contribution in [3.05, 3.63) is 71.3 Å². The van der Waals surface area contributed by atoms with Crippen molar-refractivity contribution in [2.45, 2.75) is 38.5 Å². The minimum absolute atomic E-state index is 0.168. The summed E-state index contributed by atoms with van der Waals surface area (Å²) in [5, 5.41) is 13.7. The van der Waals surface area contributed by atoms with Crippen molar-refractivity contribution < 1.29 is 33.0 Å². The van der Waals surface area contributed by atoms with Gasteiger partial charge in [0.15, 0.2) is 5.78 Å². The standard InChI is InChI=1S/C21H22F2N2O5/c1-21(2,3)30-20(29)25-17(13-6-10-15(23)11-7-13)18(26)16(24-19(27)28)12-4-8-14(22)9-5-12/h4-11,16-17,24H,1-3H3,(H,25,29)(H,27,28)/t16-,17-/m1/s1. The van der Waals surface area contributed by atoms with E-state index in [2.05, 4.69) is 10.6 Å². The molecule has 7 nitrogen and oxygen atoms in total. The van der Waals surface area contributed by atoms with Crippen molar-refractivity contribution in [1.82, 2.24) is 10.6 Å². The molecule has 9 heteroatoms. The van der Waals surface area contributed by atoms with Gasteiger partial charge in [0.05, 0.1) is 0 Å². The summed E-state index contributed by atoms with van der Waals surface area (Å²) in [7, 11) is 0. The maximum absolute atomic E-state index is 13.3. The molecular formula is C21H22F2N2O5. The van der Waals surface area contributed by atoms with Gasteiger partial charge in [-0.1, -0.05) is 24.3 Å². The Morgan fingerprint density at radius 3 is 1.60 bits per heavy atom. The molecule has 0 aromatic heterocycles. The van der Waals surface area contributed by atoms with Crippen LogP contribution in [0.5, 0.6) is 0 Å². The van der Waals surface area contributed by atoms with Crippen LogP contribution in [0.3, 0.4) is 0 Å². The van der Waals surface area contributed by atoms with Crippen LogP contribution in [0.15, 0.2) is 48.5 Å². The molecule has 2 aromatic carbocycles. The number of alkyl carbamates (subject to hydrolysis) is 1. The number of carbonyl (C=O) groups excluding carboxylic acids is 2. The van der Waals surface area contributed by atoms with E-state index in [1.807, 2.05) is 0 Å². The number of ether oxygens (including phenoxy) is 1. The summed E-state index contributed by atoms with van der Waals surface area (Å²) in [4.78, 5) is 36.8. The summed E-state index contributed by atoms with van der Waals surface area (Å²) in [5.41, 5.74) is -0.468. The Kier molecular flexibility index (Phi) is 7.10. The number of carboxylic acid groups (broad SMARTS) is 1. The Balaban J connectivity index is 2.43. The maximum Gasteiger partial charge on any atom is 0.408 e. The Bertz CT molecular complexity index is 908. The summed E-state index contributed by atoms with van der Waals surface area (Å²) in [6.07, 6.45) is -2.41. The molecule has 0 unspecified atom stereocenters. The topological polar surface area (TPSA) is 105 Å². The van der Waals surface area contributed by atoms with E-state index in [4.69, 9.17) is 4.74 Å². The number of halogens is 2. The van der Waals surface area contributed by atoms with E-state index in [1.54, 1.807) is 20.8 Å². The summed E-state index contributed by atoms with van der Waals surface area (Å²) in [5.74, 6) is -1.88. The van der Waals surface area contributed by atoms with Gasteiger partial charge in [0.2, 0.25) is 0 Å². The molecule has 0 heterocycles. The summed E-state index contributed by atoms with van der Waals surface area (Å²) < 4.78 is 31.8. The molecule has 0 aliphatic carbocycles. The summed E-state index contributed by atoms with van der Waals surface area (Å²) in [6.45, 7) is 4.90. The summed E-state index contributed by atoms with van der Waals surface area (Å²) in [6, 6.07) is 6.66. The first-order valence-corrected chi connectivity index (χ1v) is 9.00. The van der Waals surface area contributed by atoms with Gasteiger partial charge in [0, 0.05) is 0 Å². The zero-order valence-corrected chi connectivity index (χ0v) is 16.6. The lowest BCUT2D eigenvalue weighted by Crippen LogP contribution is -2.43. The zero-order valence-electron chi connectivity index (χ0n) is 16.6. The number of hydrogen-bond donors (Lipinski definition) is 3. The van der Waals surface area contributed by atoms with Crippen LogP contribution in [0.1, 0.15) is 44.0 Å². The number of hydrogen-bond acceptors (Lipinski definition) is 4.